The highest BCUT2D eigenvalue weighted by molar-refractivity contribution is 6.25. The van der Waals surface area contributed by atoms with E-state index in [9.17, 15) is 0 Å². The minimum Gasteiger partial charge on any atom is -0.380 e. The SMILES string of the molecule is CC1(NC/C=C/Cl)CCCOC1. The molecule has 0 amide bonds. The lowest BCUT2D eigenvalue weighted by molar-refractivity contribution is 0.0302. The largest absolute Gasteiger partial charge is 0.380 e. The highest BCUT2D eigenvalue weighted by Gasteiger charge is 2.25. The Balaban J connectivity index is 2.26. The number of nitrogens with one attached hydrogen (secondary N) is 1. The standard InChI is InChI=1S/C9H16ClNO/c1-9(11-6-3-5-10)4-2-7-12-8-9/h3,5,11H,2,4,6-8H2,1H3/b5-3+. The Bertz CT molecular complexity index is 153. The maximum absolute atomic E-state index is 5.41. The summed E-state index contributed by atoms with van der Waals surface area (Å²) in [7, 11) is 0. The Morgan fingerprint density at radius 2 is 2.50 bits per heavy atom. The van der Waals surface area contributed by atoms with Crippen LogP contribution in [0.15, 0.2) is 11.6 Å². The second-order valence-corrected chi connectivity index (χ2v) is 3.71. The van der Waals surface area contributed by atoms with E-state index < -0.39 is 0 Å². The Kier molecular flexibility index (Phi) is 4.06. The van der Waals surface area contributed by atoms with Gasteiger partial charge in [0.05, 0.1) is 6.61 Å². The van der Waals surface area contributed by atoms with Crippen LogP contribution in [-0.4, -0.2) is 25.3 Å². The molecular weight excluding hydrogens is 174 g/mol. The second-order valence-electron chi connectivity index (χ2n) is 3.46. The van der Waals surface area contributed by atoms with Crippen molar-refractivity contribution in [3.05, 3.63) is 11.6 Å². The monoisotopic (exact) mass is 189 g/mol. The van der Waals surface area contributed by atoms with Crippen LogP contribution in [0.1, 0.15) is 19.8 Å². The number of ether oxygens (including phenoxy) is 1. The summed E-state index contributed by atoms with van der Waals surface area (Å²) in [5, 5.41) is 3.40. The van der Waals surface area contributed by atoms with Gasteiger partial charge in [-0.25, -0.2) is 0 Å². The Morgan fingerprint density at radius 1 is 1.67 bits per heavy atom. The molecule has 1 rings (SSSR count). The third-order valence-corrected chi connectivity index (χ3v) is 2.35. The van der Waals surface area contributed by atoms with E-state index in [4.69, 9.17) is 16.3 Å². The molecule has 1 saturated heterocycles. The van der Waals surface area contributed by atoms with Crippen LogP contribution < -0.4 is 5.32 Å². The van der Waals surface area contributed by atoms with Crippen LogP contribution >= 0.6 is 11.6 Å². The van der Waals surface area contributed by atoms with E-state index >= 15 is 0 Å². The average molecular weight is 190 g/mol. The first-order chi connectivity index (χ1) is 5.77. The fourth-order valence-electron chi connectivity index (χ4n) is 1.42. The summed E-state index contributed by atoms with van der Waals surface area (Å²) in [5.41, 5.74) is 1.69. The molecule has 0 aliphatic carbocycles. The van der Waals surface area contributed by atoms with E-state index in [1.807, 2.05) is 6.08 Å². The third kappa shape index (κ3) is 3.13. The summed E-state index contributed by atoms with van der Waals surface area (Å²) in [6.07, 6.45) is 4.23. The zero-order valence-corrected chi connectivity index (χ0v) is 8.23. The molecule has 0 radical (unpaired) electrons. The highest BCUT2D eigenvalue weighted by Crippen LogP contribution is 2.17. The van der Waals surface area contributed by atoms with Gasteiger partial charge in [-0.2, -0.15) is 0 Å². The lowest BCUT2D eigenvalue weighted by atomic mass is 9.95. The molecule has 0 spiro atoms. The molecule has 1 unspecified atom stereocenters. The van der Waals surface area contributed by atoms with Crippen molar-refractivity contribution in [3.63, 3.8) is 0 Å². The molecule has 12 heavy (non-hydrogen) atoms. The third-order valence-electron chi connectivity index (χ3n) is 2.17. The summed E-state index contributed by atoms with van der Waals surface area (Å²) in [4.78, 5) is 0. The molecule has 1 heterocycles. The predicted octanol–water partition coefficient (Wildman–Crippen LogP) is 1.90. The fourth-order valence-corrected chi connectivity index (χ4v) is 1.51. The minimum absolute atomic E-state index is 0.147. The number of halogens is 1. The molecule has 0 aromatic heterocycles. The van der Waals surface area contributed by atoms with E-state index in [0.717, 1.165) is 26.2 Å². The molecule has 0 aromatic rings. The van der Waals surface area contributed by atoms with E-state index in [1.54, 1.807) is 5.54 Å². The van der Waals surface area contributed by atoms with E-state index in [1.165, 1.54) is 6.42 Å². The topological polar surface area (TPSA) is 21.3 Å². The van der Waals surface area contributed by atoms with Gasteiger partial charge in [-0.05, 0) is 19.8 Å². The van der Waals surface area contributed by atoms with Crippen LogP contribution in [0.3, 0.4) is 0 Å². The fraction of sp³-hybridized carbons (Fsp3) is 0.778. The van der Waals surface area contributed by atoms with E-state index in [0.29, 0.717) is 0 Å². The molecule has 1 aliphatic rings. The van der Waals surface area contributed by atoms with Crippen LogP contribution in [0.2, 0.25) is 0 Å². The van der Waals surface area contributed by atoms with Crippen molar-refractivity contribution in [1.29, 1.82) is 0 Å². The van der Waals surface area contributed by atoms with Crippen LogP contribution in [0.5, 0.6) is 0 Å². The Morgan fingerprint density at radius 3 is 3.08 bits per heavy atom. The molecule has 1 atom stereocenters. The van der Waals surface area contributed by atoms with Crippen LogP contribution in [0, 0.1) is 0 Å². The van der Waals surface area contributed by atoms with Crippen molar-refractivity contribution in [2.45, 2.75) is 25.3 Å². The van der Waals surface area contributed by atoms with E-state index in [-0.39, 0.29) is 5.54 Å². The van der Waals surface area contributed by atoms with Crippen molar-refractivity contribution >= 4 is 11.6 Å². The zero-order chi connectivity index (χ0) is 8.86. The van der Waals surface area contributed by atoms with Crippen molar-refractivity contribution in [1.82, 2.24) is 5.32 Å². The normalized spacial score (nSPS) is 31.2. The summed E-state index contributed by atoms with van der Waals surface area (Å²) >= 11 is 5.41. The molecular formula is C9H16ClNO. The van der Waals surface area contributed by atoms with Crippen LogP contribution in [0.25, 0.3) is 0 Å². The zero-order valence-electron chi connectivity index (χ0n) is 7.48. The van der Waals surface area contributed by atoms with Gasteiger partial charge >= 0.3 is 0 Å². The number of hydrogen-bond acceptors (Lipinski definition) is 2. The molecule has 0 saturated carbocycles. The Labute approximate surface area is 78.9 Å². The second kappa shape index (κ2) is 4.85. The molecule has 1 fully saturated rings. The maximum Gasteiger partial charge on any atom is 0.0645 e. The molecule has 2 nitrogen and oxygen atoms in total. The first-order valence-electron chi connectivity index (χ1n) is 4.35. The van der Waals surface area contributed by atoms with Gasteiger partial charge in [0.2, 0.25) is 0 Å². The van der Waals surface area contributed by atoms with Gasteiger partial charge in [0.1, 0.15) is 0 Å². The van der Waals surface area contributed by atoms with Crippen molar-refractivity contribution in [3.8, 4) is 0 Å². The first kappa shape index (κ1) is 10.0. The molecule has 0 aromatic carbocycles. The van der Waals surface area contributed by atoms with Gasteiger partial charge in [0.25, 0.3) is 0 Å². The summed E-state index contributed by atoms with van der Waals surface area (Å²) in [5.74, 6) is 0. The molecule has 1 N–H and O–H groups in total. The van der Waals surface area contributed by atoms with E-state index in [2.05, 4.69) is 12.2 Å². The van der Waals surface area contributed by atoms with Gasteiger partial charge in [-0.15, -0.1) is 0 Å². The van der Waals surface area contributed by atoms with Crippen LogP contribution in [-0.2, 0) is 4.74 Å². The molecule has 3 heteroatoms. The van der Waals surface area contributed by atoms with Gasteiger partial charge in [0.15, 0.2) is 0 Å². The average Bonchev–Trinajstić information content (AvgIpc) is 2.06. The van der Waals surface area contributed by atoms with Gasteiger partial charge in [0, 0.05) is 24.2 Å². The molecule has 1 aliphatic heterocycles. The lowest BCUT2D eigenvalue weighted by Crippen LogP contribution is -2.48. The minimum atomic E-state index is 0.147. The van der Waals surface area contributed by atoms with Crippen LogP contribution in [0.4, 0.5) is 0 Å². The lowest BCUT2D eigenvalue weighted by Gasteiger charge is -2.34. The smallest absolute Gasteiger partial charge is 0.0645 e. The summed E-state index contributed by atoms with van der Waals surface area (Å²) < 4.78 is 5.40. The molecule has 70 valence electrons. The summed E-state index contributed by atoms with van der Waals surface area (Å²) in [6.45, 7) is 4.73. The van der Waals surface area contributed by atoms with Crippen molar-refractivity contribution in [2.75, 3.05) is 19.8 Å². The molecule has 0 bridgehead atoms. The van der Waals surface area contributed by atoms with Crippen molar-refractivity contribution < 1.29 is 4.74 Å². The Hall–Kier alpha value is -0.0500. The highest BCUT2D eigenvalue weighted by atomic mass is 35.5. The van der Waals surface area contributed by atoms with Crippen molar-refractivity contribution in [2.24, 2.45) is 0 Å². The quantitative estimate of drug-likeness (QED) is 0.733. The summed E-state index contributed by atoms with van der Waals surface area (Å²) in [6, 6.07) is 0. The van der Waals surface area contributed by atoms with Gasteiger partial charge in [-0.3, -0.25) is 0 Å². The van der Waals surface area contributed by atoms with Gasteiger partial charge in [-0.1, -0.05) is 17.7 Å². The first-order valence-corrected chi connectivity index (χ1v) is 4.78. The number of rotatable bonds is 3. The predicted molar refractivity (Wildman–Crippen MR) is 51.5 cm³/mol. The number of hydrogen-bond donors (Lipinski definition) is 1. The maximum atomic E-state index is 5.41. The van der Waals surface area contributed by atoms with Gasteiger partial charge < -0.3 is 10.1 Å².